The van der Waals surface area contributed by atoms with E-state index in [4.69, 9.17) is 0 Å². The molecular formula is C47H38N2. The Hall–Kier alpha value is -5.86. The summed E-state index contributed by atoms with van der Waals surface area (Å²) in [5, 5.41) is 2.54. The molecule has 0 atom stereocenters. The van der Waals surface area contributed by atoms with Crippen molar-refractivity contribution in [3.8, 4) is 27.9 Å². The zero-order chi connectivity index (χ0) is 33.1. The summed E-state index contributed by atoms with van der Waals surface area (Å²) >= 11 is 0. The van der Waals surface area contributed by atoms with E-state index in [0.29, 0.717) is 0 Å². The fourth-order valence-corrected chi connectivity index (χ4v) is 7.68. The summed E-state index contributed by atoms with van der Waals surface area (Å²) < 4.78 is 2.41. The number of hydrogen-bond donors (Lipinski definition) is 0. The van der Waals surface area contributed by atoms with Crippen LogP contribution in [0.5, 0.6) is 0 Å². The van der Waals surface area contributed by atoms with Gasteiger partial charge in [-0.25, -0.2) is 0 Å². The summed E-state index contributed by atoms with van der Waals surface area (Å²) in [6, 6.07) is 60.2. The van der Waals surface area contributed by atoms with E-state index in [0.717, 1.165) is 23.5 Å². The van der Waals surface area contributed by atoms with Crippen LogP contribution in [0.1, 0.15) is 37.5 Å². The standard InChI is InChI=1S/C47H38N2/c1-47(2,3)35-24-27-46-43(30-35)42-29-34(23-26-45(42)49(46)37-17-8-5-9-18-37)40-20-12-13-21-44(40)48(36-15-6-4-7-16-36)38-25-22-33-28-32-14-10-11-19-39(32)41(33)31-38/h4-27,29-31H,28H2,1-3H3. The quantitative estimate of drug-likeness (QED) is 0.184. The molecule has 1 aromatic heterocycles. The Kier molecular flexibility index (Phi) is 6.81. The van der Waals surface area contributed by atoms with Gasteiger partial charge < -0.3 is 9.47 Å². The van der Waals surface area contributed by atoms with Crippen LogP contribution in [0.4, 0.5) is 17.1 Å². The van der Waals surface area contributed by atoms with Crippen molar-refractivity contribution >= 4 is 38.9 Å². The molecule has 0 saturated carbocycles. The topological polar surface area (TPSA) is 8.17 Å². The van der Waals surface area contributed by atoms with Gasteiger partial charge >= 0.3 is 0 Å². The highest BCUT2D eigenvalue weighted by Gasteiger charge is 2.23. The van der Waals surface area contributed by atoms with Crippen molar-refractivity contribution in [1.29, 1.82) is 0 Å². The predicted molar refractivity (Wildman–Crippen MR) is 208 cm³/mol. The number of benzene rings is 7. The lowest BCUT2D eigenvalue weighted by Gasteiger charge is -2.28. The molecule has 49 heavy (non-hydrogen) atoms. The van der Waals surface area contributed by atoms with Crippen LogP contribution in [-0.4, -0.2) is 4.57 Å². The number of rotatable bonds is 5. The molecule has 0 N–H and O–H groups in total. The Labute approximate surface area is 288 Å². The molecule has 0 unspecified atom stereocenters. The Morgan fingerprint density at radius 1 is 0.490 bits per heavy atom. The first-order chi connectivity index (χ1) is 23.9. The molecule has 0 fully saturated rings. The minimum absolute atomic E-state index is 0.0477. The molecule has 1 aliphatic rings. The number of fused-ring (bicyclic) bond motifs is 6. The molecule has 236 valence electrons. The lowest BCUT2D eigenvalue weighted by Crippen LogP contribution is -2.11. The second-order valence-corrected chi connectivity index (χ2v) is 14.2. The Morgan fingerprint density at radius 2 is 1.12 bits per heavy atom. The first-order valence-electron chi connectivity index (χ1n) is 17.2. The van der Waals surface area contributed by atoms with Gasteiger partial charge in [0, 0.05) is 33.4 Å². The minimum atomic E-state index is 0.0477. The van der Waals surface area contributed by atoms with Crippen molar-refractivity contribution in [3.63, 3.8) is 0 Å². The summed E-state index contributed by atoms with van der Waals surface area (Å²) in [4.78, 5) is 2.42. The van der Waals surface area contributed by atoms with Crippen LogP contribution in [0.3, 0.4) is 0 Å². The van der Waals surface area contributed by atoms with Crippen LogP contribution in [0, 0.1) is 0 Å². The van der Waals surface area contributed by atoms with E-state index in [9.17, 15) is 0 Å². The van der Waals surface area contributed by atoms with Gasteiger partial charge in [-0.3, -0.25) is 0 Å². The van der Waals surface area contributed by atoms with Gasteiger partial charge in [0.1, 0.15) is 0 Å². The van der Waals surface area contributed by atoms with Gasteiger partial charge in [0.15, 0.2) is 0 Å². The predicted octanol–water partition coefficient (Wildman–Crippen LogP) is 12.8. The van der Waals surface area contributed by atoms with E-state index in [-0.39, 0.29) is 5.41 Å². The highest BCUT2D eigenvalue weighted by atomic mass is 15.1. The smallest absolute Gasteiger partial charge is 0.0541 e. The van der Waals surface area contributed by atoms with E-state index in [1.807, 2.05) is 0 Å². The maximum Gasteiger partial charge on any atom is 0.0541 e. The molecule has 2 nitrogen and oxygen atoms in total. The van der Waals surface area contributed by atoms with Gasteiger partial charge in [-0.2, -0.15) is 0 Å². The van der Waals surface area contributed by atoms with E-state index in [2.05, 4.69) is 194 Å². The molecule has 0 aliphatic heterocycles. The molecule has 2 heteroatoms. The minimum Gasteiger partial charge on any atom is -0.310 e. The summed E-state index contributed by atoms with van der Waals surface area (Å²) in [5.74, 6) is 0. The van der Waals surface area contributed by atoms with Crippen molar-refractivity contribution in [3.05, 3.63) is 180 Å². The average molecular weight is 631 g/mol. The second kappa shape index (κ2) is 11.4. The van der Waals surface area contributed by atoms with Crippen molar-refractivity contribution < 1.29 is 0 Å². The van der Waals surface area contributed by atoms with Crippen molar-refractivity contribution in [1.82, 2.24) is 4.57 Å². The Bertz CT molecular complexity index is 2500. The van der Waals surface area contributed by atoms with E-state index < -0.39 is 0 Å². The van der Waals surface area contributed by atoms with Gasteiger partial charge in [-0.15, -0.1) is 0 Å². The molecular weight excluding hydrogens is 593 g/mol. The van der Waals surface area contributed by atoms with Crippen LogP contribution in [0.15, 0.2) is 164 Å². The first-order valence-corrected chi connectivity index (χ1v) is 17.2. The third-order valence-corrected chi connectivity index (χ3v) is 10.2. The molecule has 0 bridgehead atoms. The largest absolute Gasteiger partial charge is 0.310 e. The van der Waals surface area contributed by atoms with Crippen molar-refractivity contribution in [2.24, 2.45) is 0 Å². The normalized spacial score (nSPS) is 12.3. The van der Waals surface area contributed by atoms with Crippen LogP contribution in [0.2, 0.25) is 0 Å². The third-order valence-electron chi connectivity index (χ3n) is 10.2. The van der Waals surface area contributed by atoms with Gasteiger partial charge in [0.25, 0.3) is 0 Å². The van der Waals surface area contributed by atoms with Crippen molar-refractivity contribution in [2.45, 2.75) is 32.6 Å². The van der Waals surface area contributed by atoms with Crippen molar-refractivity contribution in [2.75, 3.05) is 4.90 Å². The average Bonchev–Trinajstić information content (AvgIpc) is 3.67. The Morgan fingerprint density at radius 3 is 1.90 bits per heavy atom. The Balaban J connectivity index is 1.26. The molecule has 0 saturated heterocycles. The van der Waals surface area contributed by atoms with Gasteiger partial charge in [-0.05, 0) is 112 Å². The van der Waals surface area contributed by atoms with Gasteiger partial charge in [-0.1, -0.05) is 118 Å². The van der Waals surface area contributed by atoms with Gasteiger partial charge in [0.2, 0.25) is 0 Å². The van der Waals surface area contributed by atoms with E-state index in [1.165, 1.54) is 66.4 Å². The maximum absolute atomic E-state index is 2.42. The number of aromatic nitrogens is 1. The first kappa shape index (κ1) is 29.3. The SMILES string of the molecule is CC(C)(C)c1ccc2c(c1)c1cc(-c3ccccc3N(c3ccccc3)c3ccc4c(c3)-c3ccccc3C4)ccc1n2-c1ccccc1. The highest BCUT2D eigenvalue weighted by molar-refractivity contribution is 6.11. The summed E-state index contributed by atoms with van der Waals surface area (Å²) in [6.07, 6.45) is 0.987. The molecule has 9 rings (SSSR count). The number of nitrogens with zero attached hydrogens (tertiary/aromatic N) is 2. The zero-order valence-electron chi connectivity index (χ0n) is 28.2. The lowest BCUT2D eigenvalue weighted by molar-refractivity contribution is 0.591. The fraction of sp³-hybridized carbons (Fsp3) is 0.106. The summed E-state index contributed by atoms with van der Waals surface area (Å²) in [6.45, 7) is 6.88. The molecule has 7 aromatic carbocycles. The number of anilines is 3. The molecule has 0 amide bonds. The van der Waals surface area contributed by atoms with E-state index >= 15 is 0 Å². The van der Waals surface area contributed by atoms with Crippen LogP contribution in [0.25, 0.3) is 49.7 Å². The van der Waals surface area contributed by atoms with Crippen LogP contribution < -0.4 is 4.90 Å². The highest BCUT2D eigenvalue weighted by Crippen LogP contribution is 2.45. The molecule has 0 spiro atoms. The van der Waals surface area contributed by atoms with E-state index in [1.54, 1.807) is 0 Å². The van der Waals surface area contributed by atoms with Crippen LogP contribution >= 0.6 is 0 Å². The third kappa shape index (κ3) is 4.95. The summed E-state index contributed by atoms with van der Waals surface area (Å²) in [7, 11) is 0. The number of para-hydroxylation sites is 3. The number of hydrogen-bond acceptors (Lipinski definition) is 1. The molecule has 1 aliphatic carbocycles. The molecule has 1 heterocycles. The fourth-order valence-electron chi connectivity index (χ4n) is 7.68. The second-order valence-electron chi connectivity index (χ2n) is 14.2. The maximum atomic E-state index is 2.42. The lowest BCUT2D eigenvalue weighted by atomic mass is 9.86. The molecule has 0 radical (unpaired) electrons. The molecule has 8 aromatic rings. The summed E-state index contributed by atoms with van der Waals surface area (Å²) in [5.41, 5.74) is 16.3. The zero-order valence-corrected chi connectivity index (χ0v) is 28.2. The van der Waals surface area contributed by atoms with Crippen LogP contribution in [-0.2, 0) is 11.8 Å². The monoisotopic (exact) mass is 630 g/mol. The van der Waals surface area contributed by atoms with Gasteiger partial charge in [0.05, 0.1) is 16.7 Å².